The van der Waals surface area contributed by atoms with Crippen molar-refractivity contribution in [2.24, 2.45) is 11.0 Å². The second kappa shape index (κ2) is 5.67. The molecule has 2 rings (SSSR count). The van der Waals surface area contributed by atoms with Crippen LogP contribution in [0.5, 0.6) is 5.75 Å². The van der Waals surface area contributed by atoms with E-state index in [1.807, 2.05) is 0 Å². The van der Waals surface area contributed by atoms with Crippen LogP contribution in [0.1, 0.15) is 43.0 Å². The standard InChI is InChI=1S/C14H18N2O2/c1-2-10-6-5-8-12(10)15-16-14(18)11-7-3-4-9-13(11)17/h3-4,7,9-10,17H,2,5-6,8H2,1H3,(H,16,18)/b15-12+. The molecule has 0 spiro atoms. The predicted octanol–water partition coefficient (Wildman–Crippen LogP) is 2.69. The Morgan fingerprint density at radius 1 is 1.50 bits per heavy atom. The maximum Gasteiger partial charge on any atom is 0.275 e. The summed E-state index contributed by atoms with van der Waals surface area (Å²) in [6.07, 6.45) is 4.32. The number of carbonyl (C=O) groups is 1. The van der Waals surface area contributed by atoms with Crippen LogP contribution in [0.4, 0.5) is 0 Å². The molecular weight excluding hydrogens is 228 g/mol. The van der Waals surface area contributed by atoms with Gasteiger partial charge < -0.3 is 5.11 Å². The molecule has 2 N–H and O–H groups in total. The number of aromatic hydroxyl groups is 1. The highest BCUT2D eigenvalue weighted by Gasteiger charge is 2.21. The first-order valence-corrected chi connectivity index (χ1v) is 6.37. The molecule has 18 heavy (non-hydrogen) atoms. The number of nitrogens with one attached hydrogen (secondary N) is 1. The summed E-state index contributed by atoms with van der Waals surface area (Å²) in [5.74, 6) is 0.116. The molecule has 0 aromatic heterocycles. The van der Waals surface area contributed by atoms with Gasteiger partial charge >= 0.3 is 0 Å². The van der Waals surface area contributed by atoms with Crippen LogP contribution in [0.25, 0.3) is 0 Å². The van der Waals surface area contributed by atoms with Gasteiger partial charge in [-0.3, -0.25) is 4.79 Å². The number of phenolic OH excluding ortho intramolecular Hbond substituents is 1. The Morgan fingerprint density at radius 2 is 2.28 bits per heavy atom. The molecule has 0 saturated heterocycles. The van der Waals surface area contributed by atoms with Crippen LogP contribution in [0.2, 0.25) is 0 Å². The summed E-state index contributed by atoms with van der Waals surface area (Å²) in [5.41, 5.74) is 3.86. The number of para-hydroxylation sites is 1. The quantitative estimate of drug-likeness (QED) is 0.805. The Bertz CT molecular complexity index is 469. The van der Waals surface area contributed by atoms with Gasteiger partial charge in [0, 0.05) is 5.71 Å². The summed E-state index contributed by atoms with van der Waals surface area (Å²) in [6, 6.07) is 6.47. The molecular formula is C14H18N2O2. The van der Waals surface area contributed by atoms with Crippen LogP contribution in [0.15, 0.2) is 29.4 Å². The van der Waals surface area contributed by atoms with Gasteiger partial charge in [-0.05, 0) is 43.7 Å². The molecule has 1 aliphatic carbocycles. The minimum Gasteiger partial charge on any atom is -0.507 e. The van der Waals surface area contributed by atoms with Gasteiger partial charge in [-0.15, -0.1) is 0 Å². The first-order valence-electron chi connectivity index (χ1n) is 6.37. The van der Waals surface area contributed by atoms with Gasteiger partial charge in [-0.2, -0.15) is 5.10 Å². The fourth-order valence-corrected chi connectivity index (χ4v) is 2.34. The van der Waals surface area contributed by atoms with E-state index in [1.54, 1.807) is 18.2 Å². The SMILES string of the molecule is CCC1CCC/C1=N\NC(=O)c1ccccc1O. The van der Waals surface area contributed by atoms with Gasteiger partial charge in [0.05, 0.1) is 5.56 Å². The van der Waals surface area contributed by atoms with Gasteiger partial charge in [-0.1, -0.05) is 19.1 Å². The maximum absolute atomic E-state index is 11.8. The number of hydrazone groups is 1. The molecule has 1 saturated carbocycles. The normalized spacial score (nSPS) is 21.2. The van der Waals surface area contributed by atoms with Crippen molar-refractivity contribution in [3.8, 4) is 5.75 Å². The average molecular weight is 246 g/mol. The van der Waals surface area contributed by atoms with Gasteiger partial charge in [0.2, 0.25) is 0 Å². The number of nitrogens with zero attached hydrogens (tertiary/aromatic N) is 1. The number of hydrogen-bond donors (Lipinski definition) is 2. The van der Waals surface area contributed by atoms with Crippen molar-refractivity contribution < 1.29 is 9.90 Å². The zero-order chi connectivity index (χ0) is 13.0. The highest BCUT2D eigenvalue weighted by Crippen LogP contribution is 2.25. The van der Waals surface area contributed by atoms with Crippen molar-refractivity contribution in [1.29, 1.82) is 0 Å². The minimum atomic E-state index is -0.359. The zero-order valence-corrected chi connectivity index (χ0v) is 10.5. The second-order valence-corrected chi connectivity index (χ2v) is 4.56. The lowest BCUT2D eigenvalue weighted by atomic mass is 10.0. The van der Waals surface area contributed by atoms with Crippen molar-refractivity contribution >= 4 is 11.6 Å². The highest BCUT2D eigenvalue weighted by atomic mass is 16.3. The van der Waals surface area contributed by atoms with E-state index in [2.05, 4.69) is 17.5 Å². The average Bonchev–Trinajstić information content (AvgIpc) is 2.84. The third kappa shape index (κ3) is 2.70. The van der Waals surface area contributed by atoms with Crippen LogP contribution < -0.4 is 5.43 Å². The van der Waals surface area contributed by atoms with E-state index < -0.39 is 0 Å². The lowest BCUT2D eigenvalue weighted by Gasteiger charge is -2.08. The molecule has 1 aromatic carbocycles. The molecule has 0 aliphatic heterocycles. The molecule has 4 nitrogen and oxygen atoms in total. The Labute approximate surface area is 107 Å². The third-order valence-corrected chi connectivity index (χ3v) is 3.40. The third-order valence-electron chi connectivity index (χ3n) is 3.40. The molecule has 0 heterocycles. The molecule has 4 heteroatoms. The molecule has 1 aromatic rings. The topological polar surface area (TPSA) is 61.7 Å². The molecule has 96 valence electrons. The number of carbonyl (C=O) groups excluding carboxylic acids is 1. The Morgan fingerprint density at radius 3 is 3.00 bits per heavy atom. The van der Waals surface area contributed by atoms with E-state index in [1.165, 1.54) is 6.07 Å². The highest BCUT2D eigenvalue weighted by molar-refractivity contribution is 5.98. The van der Waals surface area contributed by atoms with E-state index in [9.17, 15) is 9.90 Å². The van der Waals surface area contributed by atoms with Crippen molar-refractivity contribution in [2.45, 2.75) is 32.6 Å². The Hall–Kier alpha value is -1.84. The summed E-state index contributed by atoms with van der Waals surface area (Å²) >= 11 is 0. The van der Waals surface area contributed by atoms with Crippen molar-refractivity contribution in [3.05, 3.63) is 29.8 Å². The van der Waals surface area contributed by atoms with E-state index in [4.69, 9.17) is 0 Å². The Kier molecular flexibility index (Phi) is 3.97. The fraction of sp³-hybridized carbons (Fsp3) is 0.429. The number of benzene rings is 1. The number of phenols is 1. The molecule has 1 fully saturated rings. The lowest BCUT2D eigenvalue weighted by molar-refractivity contribution is 0.0952. The molecule has 1 unspecified atom stereocenters. The smallest absolute Gasteiger partial charge is 0.275 e. The van der Waals surface area contributed by atoms with E-state index in [0.717, 1.165) is 31.4 Å². The minimum absolute atomic E-state index is 0.0198. The fourth-order valence-electron chi connectivity index (χ4n) is 2.34. The van der Waals surface area contributed by atoms with Crippen molar-refractivity contribution in [1.82, 2.24) is 5.43 Å². The number of amides is 1. The van der Waals surface area contributed by atoms with Crippen LogP contribution >= 0.6 is 0 Å². The van der Waals surface area contributed by atoms with Crippen LogP contribution in [0.3, 0.4) is 0 Å². The van der Waals surface area contributed by atoms with Crippen molar-refractivity contribution in [2.75, 3.05) is 0 Å². The molecule has 1 atom stereocenters. The van der Waals surface area contributed by atoms with Crippen LogP contribution in [0, 0.1) is 5.92 Å². The van der Waals surface area contributed by atoms with E-state index >= 15 is 0 Å². The summed E-state index contributed by atoms with van der Waals surface area (Å²) in [4.78, 5) is 11.8. The van der Waals surface area contributed by atoms with Gasteiger partial charge in [0.25, 0.3) is 5.91 Å². The van der Waals surface area contributed by atoms with Crippen LogP contribution in [-0.2, 0) is 0 Å². The molecule has 0 radical (unpaired) electrons. The first-order chi connectivity index (χ1) is 8.72. The van der Waals surface area contributed by atoms with E-state index in [0.29, 0.717) is 5.92 Å². The predicted molar refractivity (Wildman–Crippen MR) is 70.6 cm³/mol. The molecule has 1 aliphatic rings. The Balaban J connectivity index is 2.04. The number of rotatable bonds is 3. The second-order valence-electron chi connectivity index (χ2n) is 4.56. The van der Waals surface area contributed by atoms with Crippen LogP contribution in [-0.4, -0.2) is 16.7 Å². The van der Waals surface area contributed by atoms with Gasteiger partial charge in [-0.25, -0.2) is 5.43 Å². The monoisotopic (exact) mass is 246 g/mol. The lowest BCUT2D eigenvalue weighted by Crippen LogP contribution is -2.21. The summed E-state index contributed by atoms with van der Waals surface area (Å²) < 4.78 is 0. The molecule has 0 bridgehead atoms. The largest absolute Gasteiger partial charge is 0.507 e. The summed E-state index contributed by atoms with van der Waals surface area (Å²) in [5, 5.41) is 13.8. The molecule has 1 amide bonds. The van der Waals surface area contributed by atoms with Crippen molar-refractivity contribution in [3.63, 3.8) is 0 Å². The van der Waals surface area contributed by atoms with Gasteiger partial charge in [0.15, 0.2) is 0 Å². The van der Waals surface area contributed by atoms with E-state index in [-0.39, 0.29) is 17.2 Å². The van der Waals surface area contributed by atoms with Gasteiger partial charge in [0.1, 0.15) is 5.75 Å². The maximum atomic E-state index is 11.8. The summed E-state index contributed by atoms with van der Waals surface area (Å²) in [7, 11) is 0. The number of hydrogen-bond acceptors (Lipinski definition) is 3. The first kappa shape index (κ1) is 12.6. The summed E-state index contributed by atoms with van der Waals surface area (Å²) in [6.45, 7) is 2.14. The zero-order valence-electron chi connectivity index (χ0n) is 10.5.